The normalized spacial score (nSPS) is 13.4. The van der Waals surface area contributed by atoms with Crippen molar-refractivity contribution in [2.24, 2.45) is 0 Å². The predicted octanol–water partition coefficient (Wildman–Crippen LogP) is 4.43. The van der Waals surface area contributed by atoms with Crippen LogP contribution in [0.1, 0.15) is 11.1 Å². The average molecular weight is 415 g/mol. The summed E-state index contributed by atoms with van der Waals surface area (Å²) in [5, 5.41) is 12.6. The van der Waals surface area contributed by atoms with Gasteiger partial charge in [0.1, 0.15) is 5.75 Å². The van der Waals surface area contributed by atoms with Crippen molar-refractivity contribution in [3.8, 4) is 16.9 Å². The highest BCUT2D eigenvalue weighted by atomic mass is 19.4. The third-order valence-corrected chi connectivity index (χ3v) is 4.76. The fourth-order valence-corrected chi connectivity index (χ4v) is 3.01. The van der Waals surface area contributed by atoms with Gasteiger partial charge in [0.25, 0.3) is 11.5 Å². The molecule has 0 saturated carbocycles. The molecule has 0 radical (unpaired) electrons. The number of amides is 1. The molecule has 3 aromatic carbocycles. The second-order valence-electron chi connectivity index (χ2n) is 6.68. The first-order valence-electron chi connectivity index (χ1n) is 9.12. The first kappa shape index (κ1) is 21.4. The van der Waals surface area contributed by atoms with Crippen molar-refractivity contribution in [3.05, 3.63) is 90.0 Å². The standard InChI is InChI=1S/C23H20F3NO3/c1-30-20-13-7-16(8-14-20)15-27-21(28)22(29,23(24,25)26)19-11-9-18(10-12-19)17-5-3-2-4-6-17/h2-14,29H,15H2,1H3,(H,27,28). The number of rotatable bonds is 6. The number of methoxy groups -OCH3 is 1. The van der Waals surface area contributed by atoms with E-state index < -0.39 is 23.2 Å². The molecule has 0 fully saturated rings. The molecular weight excluding hydrogens is 395 g/mol. The Bertz CT molecular complexity index is 987. The van der Waals surface area contributed by atoms with Gasteiger partial charge in [-0.2, -0.15) is 13.2 Å². The van der Waals surface area contributed by atoms with Crippen LogP contribution in [0.4, 0.5) is 13.2 Å². The number of alkyl halides is 3. The smallest absolute Gasteiger partial charge is 0.430 e. The Kier molecular flexibility index (Phi) is 6.12. The topological polar surface area (TPSA) is 58.6 Å². The summed E-state index contributed by atoms with van der Waals surface area (Å²) in [4.78, 5) is 12.5. The maximum Gasteiger partial charge on any atom is 0.430 e. The SMILES string of the molecule is COc1ccc(CNC(=O)C(O)(c2ccc(-c3ccccc3)cc2)C(F)(F)F)cc1. The summed E-state index contributed by atoms with van der Waals surface area (Å²) in [6.45, 7) is -0.177. The number of carbonyl (C=O) groups is 1. The minimum Gasteiger partial charge on any atom is -0.497 e. The molecule has 4 nitrogen and oxygen atoms in total. The molecule has 1 amide bonds. The van der Waals surface area contributed by atoms with Gasteiger partial charge in [0.15, 0.2) is 0 Å². The molecule has 0 aliphatic heterocycles. The fraction of sp³-hybridized carbons (Fsp3) is 0.174. The molecule has 0 heterocycles. The number of aliphatic hydroxyl groups is 1. The van der Waals surface area contributed by atoms with Crippen LogP contribution < -0.4 is 10.1 Å². The van der Waals surface area contributed by atoms with Crippen LogP contribution >= 0.6 is 0 Å². The van der Waals surface area contributed by atoms with E-state index in [0.29, 0.717) is 16.9 Å². The van der Waals surface area contributed by atoms with Gasteiger partial charge in [-0.25, -0.2) is 0 Å². The lowest BCUT2D eigenvalue weighted by molar-refractivity contribution is -0.257. The lowest BCUT2D eigenvalue weighted by Gasteiger charge is -2.29. The zero-order chi connectivity index (χ0) is 21.8. The average Bonchev–Trinajstić information content (AvgIpc) is 2.77. The summed E-state index contributed by atoms with van der Waals surface area (Å²) < 4.78 is 46.3. The number of benzene rings is 3. The van der Waals surface area contributed by atoms with Crippen LogP contribution in [0.15, 0.2) is 78.9 Å². The van der Waals surface area contributed by atoms with E-state index in [9.17, 15) is 23.1 Å². The number of nitrogens with one attached hydrogen (secondary N) is 1. The molecule has 0 spiro atoms. The molecule has 3 rings (SSSR count). The van der Waals surface area contributed by atoms with Crippen LogP contribution in [-0.4, -0.2) is 24.3 Å². The first-order valence-corrected chi connectivity index (χ1v) is 9.12. The maximum absolute atomic E-state index is 13.8. The summed E-state index contributed by atoms with van der Waals surface area (Å²) in [6, 6.07) is 20.7. The summed E-state index contributed by atoms with van der Waals surface area (Å²) in [5.74, 6) is -0.964. The van der Waals surface area contributed by atoms with E-state index in [1.54, 1.807) is 24.3 Å². The summed E-state index contributed by atoms with van der Waals surface area (Å²) >= 11 is 0. The fourth-order valence-electron chi connectivity index (χ4n) is 3.01. The monoisotopic (exact) mass is 415 g/mol. The minimum absolute atomic E-state index is 0.177. The summed E-state index contributed by atoms with van der Waals surface area (Å²) in [5.41, 5.74) is -2.18. The molecule has 156 valence electrons. The second-order valence-corrected chi connectivity index (χ2v) is 6.68. The molecule has 0 aliphatic carbocycles. The third kappa shape index (κ3) is 4.31. The largest absolute Gasteiger partial charge is 0.497 e. The van der Waals surface area contributed by atoms with Crippen LogP contribution in [0.2, 0.25) is 0 Å². The maximum atomic E-state index is 13.8. The Morgan fingerprint density at radius 1 is 0.900 bits per heavy atom. The highest BCUT2D eigenvalue weighted by molar-refractivity contribution is 5.87. The van der Waals surface area contributed by atoms with E-state index in [-0.39, 0.29) is 6.54 Å². The van der Waals surface area contributed by atoms with Gasteiger partial charge in [0.2, 0.25) is 0 Å². The highest BCUT2D eigenvalue weighted by Crippen LogP contribution is 2.40. The van der Waals surface area contributed by atoms with Gasteiger partial charge in [-0.1, -0.05) is 66.7 Å². The molecule has 3 aromatic rings. The molecule has 0 saturated heterocycles. The second kappa shape index (κ2) is 8.59. The number of carbonyl (C=O) groups excluding carboxylic acids is 1. The molecule has 1 atom stereocenters. The predicted molar refractivity (Wildman–Crippen MR) is 107 cm³/mol. The van der Waals surface area contributed by atoms with E-state index in [1.807, 2.05) is 30.3 Å². The molecule has 0 aromatic heterocycles. The van der Waals surface area contributed by atoms with Crippen LogP contribution in [0.3, 0.4) is 0 Å². The van der Waals surface area contributed by atoms with Gasteiger partial charge >= 0.3 is 6.18 Å². The Morgan fingerprint density at radius 3 is 2.00 bits per heavy atom. The van der Waals surface area contributed by atoms with Crippen molar-refractivity contribution in [1.29, 1.82) is 0 Å². The van der Waals surface area contributed by atoms with Crippen molar-refractivity contribution in [2.45, 2.75) is 18.3 Å². The van der Waals surface area contributed by atoms with Crippen LogP contribution in [0, 0.1) is 0 Å². The number of hydrogen-bond donors (Lipinski definition) is 2. The van der Waals surface area contributed by atoms with E-state index in [0.717, 1.165) is 17.7 Å². The van der Waals surface area contributed by atoms with E-state index in [2.05, 4.69) is 5.32 Å². The van der Waals surface area contributed by atoms with E-state index in [4.69, 9.17) is 4.74 Å². The van der Waals surface area contributed by atoms with Gasteiger partial charge in [0, 0.05) is 12.1 Å². The van der Waals surface area contributed by atoms with Crippen molar-refractivity contribution in [2.75, 3.05) is 7.11 Å². The third-order valence-electron chi connectivity index (χ3n) is 4.76. The van der Waals surface area contributed by atoms with Gasteiger partial charge < -0.3 is 15.2 Å². The van der Waals surface area contributed by atoms with E-state index >= 15 is 0 Å². The summed E-state index contributed by atoms with van der Waals surface area (Å²) in [7, 11) is 1.49. The van der Waals surface area contributed by atoms with Crippen LogP contribution in [0.25, 0.3) is 11.1 Å². The van der Waals surface area contributed by atoms with Crippen LogP contribution in [-0.2, 0) is 16.9 Å². The Labute approximate surface area is 171 Å². The number of hydrogen-bond acceptors (Lipinski definition) is 3. The zero-order valence-electron chi connectivity index (χ0n) is 16.1. The van der Waals surface area contributed by atoms with Crippen molar-refractivity contribution < 1.29 is 27.8 Å². The van der Waals surface area contributed by atoms with Crippen molar-refractivity contribution in [3.63, 3.8) is 0 Å². The highest BCUT2D eigenvalue weighted by Gasteiger charge is 2.60. The van der Waals surface area contributed by atoms with Gasteiger partial charge in [-0.3, -0.25) is 4.79 Å². The molecule has 7 heteroatoms. The number of ether oxygens (including phenoxy) is 1. The van der Waals surface area contributed by atoms with E-state index in [1.165, 1.54) is 19.2 Å². The lowest BCUT2D eigenvalue weighted by atomic mass is 9.90. The molecule has 0 bridgehead atoms. The minimum atomic E-state index is -5.20. The zero-order valence-corrected chi connectivity index (χ0v) is 16.1. The van der Waals surface area contributed by atoms with Crippen molar-refractivity contribution in [1.82, 2.24) is 5.32 Å². The molecule has 2 N–H and O–H groups in total. The number of halogens is 3. The van der Waals surface area contributed by atoms with Crippen LogP contribution in [0.5, 0.6) is 5.75 Å². The first-order chi connectivity index (χ1) is 14.3. The lowest BCUT2D eigenvalue weighted by Crippen LogP contribution is -2.54. The summed E-state index contributed by atoms with van der Waals surface area (Å²) in [6.07, 6.45) is -5.20. The molecule has 0 aliphatic rings. The van der Waals surface area contributed by atoms with Gasteiger partial charge in [0.05, 0.1) is 7.11 Å². The Balaban J connectivity index is 1.83. The Morgan fingerprint density at radius 2 is 1.47 bits per heavy atom. The molecule has 1 unspecified atom stereocenters. The quantitative estimate of drug-likeness (QED) is 0.626. The van der Waals surface area contributed by atoms with Crippen molar-refractivity contribution >= 4 is 5.91 Å². The Hall–Kier alpha value is -3.32. The van der Waals surface area contributed by atoms with Gasteiger partial charge in [-0.15, -0.1) is 0 Å². The molecule has 30 heavy (non-hydrogen) atoms. The molecular formula is C23H20F3NO3. The van der Waals surface area contributed by atoms with Gasteiger partial charge in [-0.05, 0) is 28.8 Å².